The van der Waals surface area contributed by atoms with E-state index in [1.54, 1.807) is 6.92 Å². The summed E-state index contributed by atoms with van der Waals surface area (Å²) in [4.78, 5) is 10.9. The van der Waals surface area contributed by atoms with Crippen molar-refractivity contribution in [3.63, 3.8) is 0 Å². The maximum absolute atomic E-state index is 11.2. The van der Waals surface area contributed by atoms with Crippen LogP contribution in [0.3, 0.4) is 0 Å². The number of alkyl halides is 1. The van der Waals surface area contributed by atoms with Crippen LogP contribution in [0.2, 0.25) is 0 Å². The molecular formula is C16H21ClO2. The molecular weight excluding hydrogens is 260 g/mol. The predicted molar refractivity (Wildman–Crippen MR) is 79.4 cm³/mol. The van der Waals surface area contributed by atoms with Crippen molar-refractivity contribution in [3.05, 3.63) is 47.5 Å². The molecule has 0 fully saturated rings. The fraction of sp³-hybridized carbons (Fsp3) is 0.438. The van der Waals surface area contributed by atoms with Crippen LogP contribution in [0.1, 0.15) is 38.3 Å². The summed E-state index contributed by atoms with van der Waals surface area (Å²) in [7, 11) is 0. The van der Waals surface area contributed by atoms with Crippen LogP contribution in [0.4, 0.5) is 0 Å². The average molecular weight is 281 g/mol. The third-order valence-electron chi connectivity index (χ3n) is 2.83. The lowest BCUT2D eigenvalue weighted by Crippen LogP contribution is -2.12. The Hall–Kier alpha value is -1.28. The van der Waals surface area contributed by atoms with Gasteiger partial charge >= 0.3 is 5.97 Å². The first-order chi connectivity index (χ1) is 8.82. The summed E-state index contributed by atoms with van der Waals surface area (Å²) in [6.45, 7) is 9.56. The Bertz CT molecular complexity index is 458. The van der Waals surface area contributed by atoms with Gasteiger partial charge in [-0.25, -0.2) is 4.79 Å². The van der Waals surface area contributed by atoms with Gasteiger partial charge in [0.25, 0.3) is 0 Å². The number of carbonyl (C=O) groups excluding carboxylic acids is 1. The van der Waals surface area contributed by atoms with E-state index in [1.807, 2.05) is 32.0 Å². The lowest BCUT2D eigenvalue weighted by Gasteiger charge is -2.20. The third kappa shape index (κ3) is 5.07. The van der Waals surface area contributed by atoms with Gasteiger partial charge in [0.05, 0.1) is 11.5 Å². The Morgan fingerprint density at radius 3 is 2.58 bits per heavy atom. The highest BCUT2D eigenvalue weighted by Gasteiger charge is 2.19. The fourth-order valence-electron chi connectivity index (χ4n) is 1.87. The van der Waals surface area contributed by atoms with Gasteiger partial charge in [-0.15, -0.1) is 11.6 Å². The van der Waals surface area contributed by atoms with Crippen LogP contribution >= 0.6 is 11.6 Å². The van der Waals surface area contributed by atoms with E-state index in [1.165, 1.54) is 5.56 Å². The summed E-state index contributed by atoms with van der Waals surface area (Å²) in [6, 6.07) is 8.10. The minimum Gasteiger partial charge on any atom is -0.462 e. The molecule has 0 heterocycles. The molecule has 0 radical (unpaired) electrons. The molecule has 0 N–H and O–H groups in total. The molecule has 1 rings (SSSR count). The van der Waals surface area contributed by atoms with Gasteiger partial charge in [0.1, 0.15) is 0 Å². The van der Waals surface area contributed by atoms with Gasteiger partial charge in [-0.05, 0) is 44.7 Å². The number of hydrogen-bond donors (Lipinski definition) is 0. The second-order valence-electron chi connectivity index (χ2n) is 5.15. The van der Waals surface area contributed by atoms with Gasteiger partial charge < -0.3 is 4.74 Å². The molecule has 1 aromatic rings. The highest BCUT2D eigenvalue weighted by atomic mass is 35.5. The lowest BCUT2D eigenvalue weighted by atomic mass is 9.94. The fourth-order valence-corrected chi connectivity index (χ4v) is 2.05. The van der Waals surface area contributed by atoms with Crippen molar-refractivity contribution < 1.29 is 9.53 Å². The first-order valence-electron chi connectivity index (χ1n) is 6.42. The van der Waals surface area contributed by atoms with Gasteiger partial charge in [0.15, 0.2) is 0 Å². The Labute approximate surface area is 120 Å². The van der Waals surface area contributed by atoms with E-state index in [0.717, 1.165) is 18.4 Å². The first kappa shape index (κ1) is 15.8. The Kier molecular flexibility index (Phi) is 5.61. The maximum atomic E-state index is 11.2. The molecule has 0 amide bonds. The van der Waals surface area contributed by atoms with Crippen LogP contribution in [-0.4, -0.2) is 12.6 Å². The number of rotatable bonds is 6. The van der Waals surface area contributed by atoms with E-state index in [2.05, 4.69) is 12.6 Å². The standard InChI is InChI=1S/C16H21ClO2/c1-12(2)15(18)19-11-7-9-13-8-5-6-10-14(13)16(3,4)17/h5-6,8,10H,1,7,9,11H2,2-4H3. The highest BCUT2D eigenvalue weighted by Crippen LogP contribution is 2.30. The molecule has 0 spiro atoms. The van der Waals surface area contributed by atoms with Crippen LogP contribution in [0, 0.1) is 0 Å². The summed E-state index contributed by atoms with van der Waals surface area (Å²) in [5, 5.41) is 0. The summed E-state index contributed by atoms with van der Waals surface area (Å²) >= 11 is 6.37. The van der Waals surface area contributed by atoms with Crippen LogP contribution < -0.4 is 0 Å². The van der Waals surface area contributed by atoms with Crippen molar-refractivity contribution in [2.24, 2.45) is 0 Å². The van der Waals surface area contributed by atoms with Crippen molar-refractivity contribution in [2.75, 3.05) is 6.61 Å². The molecule has 104 valence electrons. The number of halogens is 1. The van der Waals surface area contributed by atoms with Crippen molar-refractivity contribution in [2.45, 2.75) is 38.5 Å². The zero-order valence-corrected chi connectivity index (χ0v) is 12.6. The van der Waals surface area contributed by atoms with Crippen molar-refractivity contribution in [1.82, 2.24) is 0 Å². The largest absolute Gasteiger partial charge is 0.462 e. The van der Waals surface area contributed by atoms with Crippen LogP contribution in [-0.2, 0) is 20.8 Å². The number of benzene rings is 1. The van der Waals surface area contributed by atoms with E-state index in [-0.39, 0.29) is 10.8 Å². The van der Waals surface area contributed by atoms with Crippen LogP contribution in [0.5, 0.6) is 0 Å². The molecule has 1 aromatic carbocycles. The van der Waals surface area contributed by atoms with E-state index < -0.39 is 0 Å². The predicted octanol–water partition coefficient (Wildman–Crippen LogP) is 4.21. The number of carbonyl (C=O) groups is 1. The lowest BCUT2D eigenvalue weighted by molar-refractivity contribution is -0.139. The number of hydrogen-bond acceptors (Lipinski definition) is 2. The average Bonchev–Trinajstić information content (AvgIpc) is 2.33. The molecule has 0 saturated carbocycles. The van der Waals surface area contributed by atoms with Crippen LogP contribution in [0.25, 0.3) is 0 Å². The molecule has 0 aliphatic heterocycles. The molecule has 0 aromatic heterocycles. The SMILES string of the molecule is C=C(C)C(=O)OCCCc1ccccc1C(C)(C)Cl. The number of aryl methyl sites for hydroxylation is 1. The molecule has 3 heteroatoms. The number of esters is 1. The molecule has 0 unspecified atom stereocenters. The molecule has 0 saturated heterocycles. The molecule has 0 atom stereocenters. The minimum atomic E-state index is -0.384. The molecule has 0 aliphatic carbocycles. The van der Waals surface area contributed by atoms with Gasteiger partial charge in [0.2, 0.25) is 0 Å². The monoisotopic (exact) mass is 280 g/mol. The molecule has 0 bridgehead atoms. The van der Waals surface area contributed by atoms with Gasteiger partial charge in [-0.3, -0.25) is 0 Å². The smallest absolute Gasteiger partial charge is 0.333 e. The van der Waals surface area contributed by atoms with E-state index in [0.29, 0.717) is 12.2 Å². The zero-order valence-electron chi connectivity index (χ0n) is 11.8. The van der Waals surface area contributed by atoms with Gasteiger partial charge in [-0.1, -0.05) is 30.8 Å². The Balaban J connectivity index is 2.55. The van der Waals surface area contributed by atoms with E-state index >= 15 is 0 Å². The normalized spacial score (nSPS) is 11.2. The zero-order chi connectivity index (χ0) is 14.5. The summed E-state index contributed by atoms with van der Waals surface area (Å²) in [6.07, 6.45) is 1.62. The second kappa shape index (κ2) is 6.76. The van der Waals surface area contributed by atoms with E-state index in [9.17, 15) is 4.79 Å². The second-order valence-corrected chi connectivity index (χ2v) is 6.09. The molecule has 2 nitrogen and oxygen atoms in total. The van der Waals surface area contributed by atoms with Crippen molar-refractivity contribution in [1.29, 1.82) is 0 Å². The Morgan fingerprint density at radius 1 is 1.37 bits per heavy atom. The maximum Gasteiger partial charge on any atom is 0.333 e. The topological polar surface area (TPSA) is 26.3 Å². The summed E-state index contributed by atoms with van der Waals surface area (Å²) in [5.74, 6) is -0.328. The van der Waals surface area contributed by atoms with Gasteiger partial charge in [-0.2, -0.15) is 0 Å². The third-order valence-corrected chi connectivity index (χ3v) is 3.03. The molecule has 19 heavy (non-hydrogen) atoms. The summed E-state index contributed by atoms with van der Waals surface area (Å²) < 4.78 is 5.08. The van der Waals surface area contributed by atoms with Crippen molar-refractivity contribution in [3.8, 4) is 0 Å². The van der Waals surface area contributed by atoms with Gasteiger partial charge in [0, 0.05) is 5.57 Å². The first-order valence-corrected chi connectivity index (χ1v) is 6.80. The minimum absolute atomic E-state index is 0.328. The Morgan fingerprint density at radius 2 is 2.00 bits per heavy atom. The quantitative estimate of drug-likeness (QED) is 0.338. The van der Waals surface area contributed by atoms with Crippen LogP contribution in [0.15, 0.2) is 36.4 Å². The van der Waals surface area contributed by atoms with E-state index in [4.69, 9.17) is 16.3 Å². The number of ether oxygens (including phenoxy) is 1. The summed E-state index contributed by atoms with van der Waals surface area (Å²) in [5.41, 5.74) is 2.76. The molecule has 0 aliphatic rings. The van der Waals surface area contributed by atoms with Crippen molar-refractivity contribution >= 4 is 17.6 Å². The highest BCUT2D eigenvalue weighted by molar-refractivity contribution is 6.23.